The van der Waals surface area contributed by atoms with Gasteiger partial charge in [-0.1, -0.05) is 0 Å². The lowest BCUT2D eigenvalue weighted by Gasteiger charge is -2.33. The van der Waals surface area contributed by atoms with Crippen molar-refractivity contribution in [2.24, 2.45) is 5.73 Å². The summed E-state index contributed by atoms with van der Waals surface area (Å²) in [4.78, 5) is 11.1. The van der Waals surface area contributed by atoms with Gasteiger partial charge in [-0.25, -0.2) is 8.42 Å². The molecule has 0 saturated carbocycles. The zero-order chi connectivity index (χ0) is 11.5. The van der Waals surface area contributed by atoms with Gasteiger partial charge in [-0.05, 0) is 12.8 Å². The van der Waals surface area contributed by atoms with Gasteiger partial charge in [-0.2, -0.15) is 0 Å². The Labute approximate surface area is 88.8 Å². The first-order valence-electron chi connectivity index (χ1n) is 4.81. The van der Waals surface area contributed by atoms with Crippen LogP contribution >= 0.6 is 0 Å². The van der Waals surface area contributed by atoms with Gasteiger partial charge >= 0.3 is 5.97 Å². The third-order valence-corrected chi connectivity index (χ3v) is 4.35. The molecule has 1 rings (SSSR count). The summed E-state index contributed by atoms with van der Waals surface area (Å²) in [5, 5.41) is 11.9. The highest BCUT2D eigenvalue weighted by Gasteiger charge is 2.42. The van der Waals surface area contributed by atoms with Crippen LogP contribution in [0.25, 0.3) is 0 Å². The van der Waals surface area contributed by atoms with Crippen LogP contribution in [0.1, 0.15) is 12.8 Å². The van der Waals surface area contributed by atoms with E-state index in [1.54, 1.807) is 0 Å². The van der Waals surface area contributed by atoms with E-state index in [1.165, 1.54) is 0 Å². The number of carbonyl (C=O) groups is 1. The van der Waals surface area contributed by atoms with E-state index < -0.39 is 21.3 Å². The highest BCUT2D eigenvalue weighted by molar-refractivity contribution is 7.91. The largest absolute Gasteiger partial charge is 0.480 e. The second-order valence-corrected chi connectivity index (χ2v) is 6.06. The molecule has 4 N–H and O–H groups in total. The second kappa shape index (κ2) is 4.46. The maximum absolute atomic E-state index is 11.2. The number of hydrogen-bond acceptors (Lipinski definition) is 5. The van der Waals surface area contributed by atoms with Gasteiger partial charge in [0.1, 0.15) is 15.4 Å². The van der Waals surface area contributed by atoms with Crippen LogP contribution < -0.4 is 11.1 Å². The second-order valence-electron chi connectivity index (χ2n) is 3.75. The van der Waals surface area contributed by atoms with Crippen LogP contribution in [0.2, 0.25) is 0 Å². The van der Waals surface area contributed by atoms with Crippen molar-refractivity contribution in [2.75, 3.05) is 24.6 Å². The van der Waals surface area contributed by atoms with Crippen molar-refractivity contribution in [1.29, 1.82) is 0 Å². The summed E-state index contributed by atoms with van der Waals surface area (Å²) in [5.74, 6) is -1.14. The summed E-state index contributed by atoms with van der Waals surface area (Å²) in [5.41, 5.74) is 4.18. The topological polar surface area (TPSA) is 109 Å². The molecule has 1 aliphatic heterocycles. The number of aliphatic carboxylic acids is 1. The van der Waals surface area contributed by atoms with E-state index in [0.717, 1.165) is 0 Å². The highest BCUT2D eigenvalue weighted by Crippen LogP contribution is 2.23. The van der Waals surface area contributed by atoms with Crippen LogP contribution in [0.3, 0.4) is 0 Å². The van der Waals surface area contributed by atoms with E-state index in [-0.39, 0.29) is 24.3 Å². The van der Waals surface area contributed by atoms with Crippen LogP contribution in [-0.2, 0) is 14.6 Å². The number of hydrogen-bond donors (Lipinski definition) is 3. The molecule has 1 aliphatic rings. The van der Waals surface area contributed by atoms with E-state index in [2.05, 4.69) is 5.32 Å². The monoisotopic (exact) mass is 236 g/mol. The summed E-state index contributed by atoms with van der Waals surface area (Å²) in [6.07, 6.45) is 0.231. The normalized spacial score (nSPS) is 23.5. The third-order valence-electron chi connectivity index (χ3n) is 2.70. The van der Waals surface area contributed by atoms with E-state index >= 15 is 0 Å². The molecular formula is C8H16N2O4S. The molecule has 88 valence electrons. The number of nitrogens with two attached hydrogens (primary N) is 1. The Morgan fingerprint density at radius 1 is 1.40 bits per heavy atom. The van der Waals surface area contributed by atoms with E-state index in [0.29, 0.717) is 13.1 Å². The molecule has 0 unspecified atom stereocenters. The molecule has 1 heterocycles. The van der Waals surface area contributed by atoms with Gasteiger partial charge in [-0.15, -0.1) is 0 Å². The lowest BCUT2D eigenvalue weighted by atomic mass is 9.92. The summed E-state index contributed by atoms with van der Waals surface area (Å²) < 4.78 is 22.4. The molecule has 6 nitrogen and oxygen atoms in total. The van der Waals surface area contributed by atoms with Crippen LogP contribution in [-0.4, -0.2) is 49.6 Å². The van der Waals surface area contributed by atoms with Gasteiger partial charge < -0.3 is 16.2 Å². The Bertz CT molecular complexity index is 325. The average molecular weight is 236 g/mol. The van der Waals surface area contributed by atoms with Crippen molar-refractivity contribution in [2.45, 2.75) is 18.4 Å². The Morgan fingerprint density at radius 2 is 1.93 bits per heavy atom. The Morgan fingerprint density at radius 3 is 2.33 bits per heavy atom. The molecule has 0 aromatic heterocycles. The first-order chi connectivity index (χ1) is 6.92. The van der Waals surface area contributed by atoms with E-state index in [1.807, 2.05) is 0 Å². The predicted molar refractivity (Wildman–Crippen MR) is 55.3 cm³/mol. The first kappa shape index (κ1) is 12.4. The van der Waals surface area contributed by atoms with Gasteiger partial charge in [0, 0.05) is 13.1 Å². The minimum absolute atomic E-state index is 0.0725. The zero-order valence-corrected chi connectivity index (χ0v) is 9.22. The van der Waals surface area contributed by atoms with Crippen molar-refractivity contribution in [1.82, 2.24) is 5.32 Å². The molecule has 0 spiro atoms. The molecule has 7 heteroatoms. The summed E-state index contributed by atoms with van der Waals surface area (Å²) in [6.45, 7) is 0.716. The average Bonchev–Trinajstić information content (AvgIpc) is 2.16. The van der Waals surface area contributed by atoms with E-state index in [4.69, 9.17) is 10.8 Å². The molecule has 0 radical (unpaired) electrons. The Hall–Kier alpha value is -0.660. The molecule has 15 heavy (non-hydrogen) atoms. The van der Waals surface area contributed by atoms with Crippen LogP contribution in [0.4, 0.5) is 0 Å². The van der Waals surface area contributed by atoms with Crippen molar-refractivity contribution in [3.05, 3.63) is 0 Å². The Kier molecular flexibility index (Phi) is 3.69. The maximum atomic E-state index is 11.2. The van der Waals surface area contributed by atoms with Gasteiger partial charge in [-0.3, -0.25) is 4.79 Å². The molecule has 0 aromatic carbocycles. The number of rotatable bonds is 4. The molecule has 0 aromatic rings. The highest BCUT2D eigenvalue weighted by atomic mass is 32.2. The standard InChI is InChI=1S/C8H16N2O4S/c9-3-4-10-8(7(11)12)1-5-15(13,14)6-2-8/h10H,1-6,9H2,(H,11,12). The van der Waals surface area contributed by atoms with Gasteiger partial charge in [0.15, 0.2) is 0 Å². The molecule has 0 amide bonds. The molecule has 0 atom stereocenters. The van der Waals surface area contributed by atoms with E-state index in [9.17, 15) is 13.2 Å². The predicted octanol–water partition coefficient (Wildman–Crippen LogP) is -1.43. The van der Waals surface area contributed by atoms with Crippen molar-refractivity contribution >= 4 is 15.8 Å². The fourth-order valence-corrected chi connectivity index (χ4v) is 3.19. The minimum Gasteiger partial charge on any atom is -0.480 e. The molecule has 1 fully saturated rings. The Balaban J connectivity index is 2.73. The quantitative estimate of drug-likeness (QED) is 0.552. The number of nitrogens with one attached hydrogen (secondary N) is 1. The first-order valence-corrected chi connectivity index (χ1v) is 6.63. The smallest absolute Gasteiger partial charge is 0.323 e. The number of sulfone groups is 1. The number of carboxylic acids is 1. The summed E-state index contributed by atoms with van der Waals surface area (Å²) >= 11 is 0. The molecule has 1 saturated heterocycles. The maximum Gasteiger partial charge on any atom is 0.323 e. The fraction of sp³-hybridized carbons (Fsp3) is 0.875. The lowest BCUT2D eigenvalue weighted by Crippen LogP contribution is -2.57. The molecule has 0 aliphatic carbocycles. The molecule has 0 bridgehead atoms. The van der Waals surface area contributed by atoms with Gasteiger partial charge in [0.05, 0.1) is 11.5 Å². The zero-order valence-electron chi connectivity index (χ0n) is 8.40. The van der Waals surface area contributed by atoms with Crippen molar-refractivity contribution in [3.63, 3.8) is 0 Å². The van der Waals surface area contributed by atoms with Crippen LogP contribution in [0.5, 0.6) is 0 Å². The number of carboxylic acid groups (broad SMARTS) is 1. The summed E-state index contributed by atoms with van der Waals surface area (Å²) in [7, 11) is -3.05. The van der Waals surface area contributed by atoms with Crippen LogP contribution in [0.15, 0.2) is 0 Å². The molecular weight excluding hydrogens is 220 g/mol. The third kappa shape index (κ3) is 2.90. The van der Waals surface area contributed by atoms with Gasteiger partial charge in [0.2, 0.25) is 0 Å². The SMILES string of the molecule is NCCNC1(C(=O)O)CCS(=O)(=O)CC1. The van der Waals surface area contributed by atoms with Crippen LogP contribution in [0, 0.1) is 0 Å². The lowest BCUT2D eigenvalue weighted by molar-refractivity contribution is -0.145. The van der Waals surface area contributed by atoms with Gasteiger partial charge in [0.25, 0.3) is 0 Å². The van der Waals surface area contributed by atoms with Crippen molar-refractivity contribution in [3.8, 4) is 0 Å². The minimum atomic E-state index is -3.05. The van der Waals surface area contributed by atoms with Crippen molar-refractivity contribution < 1.29 is 18.3 Å². The fourth-order valence-electron chi connectivity index (χ4n) is 1.66. The summed E-state index contributed by atoms with van der Waals surface area (Å²) in [6, 6.07) is 0.